The first-order chi connectivity index (χ1) is 18.3. The Labute approximate surface area is 237 Å². The second kappa shape index (κ2) is 14.7. The summed E-state index contributed by atoms with van der Waals surface area (Å²) in [6.07, 6.45) is 12.2. The molecule has 1 aliphatic rings. The van der Waals surface area contributed by atoms with Gasteiger partial charge in [0.2, 0.25) is 0 Å². The fourth-order valence-electron chi connectivity index (χ4n) is 3.89. The molecule has 0 N–H and O–H groups in total. The van der Waals surface area contributed by atoms with Crippen molar-refractivity contribution in [2.45, 2.75) is 41.0 Å². The van der Waals surface area contributed by atoms with Crippen LogP contribution >= 0.6 is 0 Å². The first-order valence-electron chi connectivity index (χ1n) is 13.0. The topological polar surface area (TPSA) is 18.5 Å². The zero-order valence-electron chi connectivity index (χ0n) is 23.5. The fourth-order valence-corrected chi connectivity index (χ4v) is 5.51. The summed E-state index contributed by atoms with van der Waals surface area (Å²) in [7, 11) is 1.68. The normalized spacial score (nSPS) is 13.2. The Balaban J connectivity index is 0.000000375. The van der Waals surface area contributed by atoms with Crippen LogP contribution in [0.3, 0.4) is 0 Å². The van der Waals surface area contributed by atoms with E-state index in [1.807, 2.05) is 60.7 Å². The van der Waals surface area contributed by atoms with Gasteiger partial charge in [-0.2, -0.15) is 0 Å². The van der Waals surface area contributed by atoms with Gasteiger partial charge in [-0.05, 0) is 35.2 Å². The Morgan fingerprint density at radius 2 is 1.45 bits per heavy atom. The minimum absolute atomic E-state index is 0.108. The molecular weight excluding hydrogens is 500 g/mol. The van der Waals surface area contributed by atoms with E-state index in [9.17, 15) is 0 Å². The van der Waals surface area contributed by atoms with Crippen LogP contribution in [0.1, 0.15) is 52.2 Å². The molecule has 0 saturated heterocycles. The summed E-state index contributed by atoms with van der Waals surface area (Å²) in [5.41, 5.74) is 3.19. The third-order valence-electron chi connectivity index (χ3n) is 5.79. The predicted molar refractivity (Wildman–Crippen MR) is 160 cm³/mol. The number of hydrogen-bond acceptors (Lipinski definition) is 2. The first kappa shape index (κ1) is 29.4. The summed E-state index contributed by atoms with van der Waals surface area (Å²) in [6.45, 7) is 11.1. The molecule has 0 heterocycles. The van der Waals surface area contributed by atoms with Crippen LogP contribution < -0.4 is 9.47 Å². The number of hydrogen-bond donors (Lipinski definition) is 0. The summed E-state index contributed by atoms with van der Waals surface area (Å²) >= 11 is 0.153. The third kappa shape index (κ3) is 9.60. The van der Waals surface area contributed by atoms with Crippen molar-refractivity contribution in [2.75, 3.05) is 7.11 Å². The van der Waals surface area contributed by atoms with E-state index in [0.717, 1.165) is 34.0 Å². The van der Waals surface area contributed by atoms with Crippen molar-refractivity contribution >= 4 is 15.6 Å². The Bertz CT molecular complexity index is 1300. The molecule has 0 spiro atoms. The maximum atomic E-state index is 6.42. The molecule has 3 aromatic rings. The molecule has 0 aliphatic heterocycles. The molecule has 0 radical (unpaired) electrons. The van der Waals surface area contributed by atoms with Crippen molar-refractivity contribution in [3.63, 3.8) is 0 Å². The Hall–Kier alpha value is -3.20. The average Bonchev–Trinajstić information content (AvgIpc) is 3.42. The molecule has 4 rings (SSSR count). The maximum absolute atomic E-state index is 6.42. The van der Waals surface area contributed by atoms with Crippen LogP contribution in [0.25, 0.3) is 11.8 Å². The number of ether oxygens (including phenoxy) is 2. The molecule has 1 aliphatic carbocycles. The molecule has 0 bridgehead atoms. The van der Waals surface area contributed by atoms with Gasteiger partial charge in [-0.25, -0.2) is 0 Å². The second-order valence-electron chi connectivity index (χ2n) is 10.3. The summed E-state index contributed by atoms with van der Waals surface area (Å²) in [5, 5.41) is 0. The van der Waals surface area contributed by atoms with Gasteiger partial charge in [0.25, 0.3) is 0 Å². The van der Waals surface area contributed by atoms with E-state index in [0.29, 0.717) is 0 Å². The molecule has 3 aromatic carbocycles. The van der Waals surface area contributed by atoms with Crippen LogP contribution in [0.15, 0.2) is 119 Å². The standard InChI is InChI=1S/C27H28O2.C5H5.C3H6.Ti/c1-27(2,3)25(20-17-21-15-18-23(28-4)19-16-21)26(22-11-7-5-8-12-22)29-24-13-9-6-10-14-24;1-2-4-5-3-1;1-3-2;/h5-20H,1-4H3;1-3H,4H2;1-2H3;. The molecule has 38 heavy (non-hydrogen) atoms. The quantitative estimate of drug-likeness (QED) is 0.169. The molecule has 0 aromatic heterocycles. The van der Waals surface area contributed by atoms with Crippen LogP contribution in [0.2, 0.25) is 0 Å². The van der Waals surface area contributed by atoms with Crippen LogP contribution in [0.5, 0.6) is 11.5 Å². The van der Waals surface area contributed by atoms with Crippen molar-refractivity contribution in [1.29, 1.82) is 0 Å². The summed E-state index contributed by atoms with van der Waals surface area (Å²) < 4.78 is 15.0. The van der Waals surface area contributed by atoms with Gasteiger partial charge in [-0.1, -0.05) is 93.6 Å². The number of methoxy groups -OCH3 is 1. The summed E-state index contributed by atoms with van der Waals surface area (Å²) in [6, 6.07) is 28.3. The van der Waals surface area contributed by atoms with Crippen molar-refractivity contribution in [2.24, 2.45) is 5.41 Å². The van der Waals surface area contributed by atoms with Gasteiger partial charge >= 0.3 is 64.9 Å². The second-order valence-corrected chi connectivity index (χ2v) is 13.3. The van der Waals surface area contributed by atoms with E-state index in [1.54, 1.807) is 14.8 Å². The first-order valence-corrected chi connectivity index (χ1v) is 14.6. The van der Waals surface area contributed by atoms with Gasteiger partial charge in [0.1, 0.15) is 17.3 Å². The molecule has 195 valence electrons. The van der Waals surface area contributed by atoms with E-state index in [4.69, 9.17) is 9.47 Å². The van der Waals surface area contributed by atoms with Gasteiger partial charge in [0.05, 0.1) is 7.11 Å². The summed E-state index contributed by atoms with van der Waals surface area (Å²) in [4.78, 5) is 0. The number of para-hydroxylation sites is 1. The third-order valence-corrected chi connectivity index (χ3v) is 7.65. The van der Waals surface area contributed by atoms with Gasteiger partial charge in [0, 0.05) is 11.1 Å². The molecule has 0 fully saturated rings. The van der Waals surface area contributed by atoms with Crippen LogP contribution in [0.4, 0.5) is 0 Å². The van der Waals surface area contributed by atoms with E-state index in [-0.39, 0.29) is 24.1 Å². The van der Waals surface area contributed by atoms with E-state index < -0.39 is 0 Å². The van der Waals surface area contributed by atoms with Crippen LogP contribution in [0, 0.1) is 5.41 Å². The number of benzene rings is 3. The van der Waals surface area contributed by atoms with E-state index in [1.165, 1.54) is 6.42 Å². The minimum atomic E-state index is -0.108. The van der Waals surface area contributed by atoms with Crippen molar-refractivity contribution in [3.05, 3.63) is 130 Å². The van der Waals surface area contributed by atoms with Gasteiger partial charge < -0.3 is 9.47 Å². The molecule has 0 amide bonds. The fraction of sp³-hybridized carbons (Fsp3) is 0.229. The molecule has 0 saturated carbocycles. The van der Waals surface area contributed by atoms with Crippen LogP contribution in [-0.2, 0) is 18.7 Å². The molecule has 3 heteroatoms. The Morgan fingerprint density at radius 3 is 1.97 bits per heavy atom. The van der Waals surface area contributed by atoms with Gasteiger partial charge in [0.15, 0.2) is 0 Å². The zero-order valence-corrected chi connectivity index (χ0v) is 25.1. The zero-order chi connectivity index (χ0) is 27.4. The number of rotatable bonds is 7. The Morgan fingerprint density at radius 1 is 0.816 bits per heavy atom. The van der Waals surface area contributed by atoms with Crippen LogP contribution in [-0.4, -0.2) is 10.9 Å². The monoisotopic (exact) mass is 539 g/mol. The van der Waals surface area contributed by atoms with Gasteiger partial charge in [-0.15, -0.1) is 0 Å². The Kier molecular flexibility index (Phi) is 11.3. The molecular formula is C35H39O2Ti. The van der Waals surface area contributed by atoms with Crippen molar-refractivity contribution in [3.8, 4) is 11.5 Å². The number of allylic oxidation sites excluding steroid dienone is 6. The molecule has 0 atom stereocenters. The van der Waals surface area contributed by atoms with Crippen molar-refractivity contribution < 1.29 is 28.2 Å². The average molecular weight is 540 g/mol. The predicted octanol–water partition coefficient (Wildman–Crippen LogP) is 9.37. The van der Waals surface area contributed by atoms with E-state index >= 15 is 0 Å². The summed E-state index contributed by atoms with van der Waals surface area (Å²) in [5.74, 6) is 2.55. The van der Waals surface area contributed by atoms with Gasteiger partial charge in [-0.3, -0.25) is 0 Å². The van der Waals surface area contributed by atoms with E-state index in [2.05, 4.69) is 89.3 Å². The molecule has 0 unspecified atom stereocenters. The molecule has 2 nitrogen and oxygen atoms in total. The SMILES string of the molecule is COc1ccc(C=CC(=C(Oc2ccccc2)c2ccccc2)C(C)(C)C)cc1.C[C](C)=[Ti][C]1=CC=CC1. The van der Waals surface area contributed by atoms with Crippen molar-refractivity contribution in [1.82, 2.24) is 0 Å².